The molecule has 1 amide bonds. The minimum Gasteiger partial charge on any atom is -0.374 e. The molecule has 1 aliphatic rings. The topological polar surface area (TPSA) is 72.1 Å². The smallest absolute Gasteiger partial charge is 0.266 e. The Kier molecular flexibility index (Phi) is 4.96. The van der Waals surface area contributed by atoms with Crippen LogP contribution in [0.2, 0.25) is 5.02 Å². The highest BCUT2D eigenvalue weighted by Gasteiger charge is 2.31. The fourth-order valence-corrected chi connectivity index (χ4v) is 4.09. The predicted molar refractivity (Wildman–Crippen MR) is 99.4 cm³/mol. The summed E-state index contributed by atoms with van der Waals surface area (Å²) in [6.45, 7) is 0.458. The van der Waals surface area contributed by atoms with Crippen LogP contribution in [0.5, 0.6) is 0 Å². The number of amides is 1. The maximum atomic E-state index is 12.5. The Morgan fingerprint density at radius 3 is 2.83 bits per heavy atom. The number of hydrogen-bond acceptors (Lipinski definition) is 7. The lowest BCUT2D eigenvalue weighted by Crippen LogP contribution is -2.30. The molecule has 1 aromatic carbocycles. The second-order valence-corrected chi connectivity index (χ2v) is 7.82. The average Bonchev–Trinajstić information content (AvgIpc) is 3.04. The van der Waals surface area contributed by atoms with Gasteiger partial charge in [-0.1, -0.05) is 65.1 Å². The number of rotatable bonds is 4. The summed E-state index contributed by atoms with van der Waals surface area (Å²) in [6, 6.07) is 7.36. The number of carbonyl (C=O) groups excluding carboxylic acids is 1. The van der Waals surface area contributed by atoms with Gasteiger partial charge in [-0.25, -0.2) is 0 Å². The number of halogens is 1. The summed E-state index contributed by atoms with van der Waals surface area (Å²) in [5.41, 5.74) is 6.35. The Hall–Kier alpha value is -1.48. The van der Waals surface area contributed by atoms with E-state index in [2.05, 4.69) is 10.2 Å². The van der Waals surface area contributed by atoms with Crippen LogP contribution in [0.25, 0.3) is 6.08 Å². The molecule has 9 heteroatoms. The van der Waals surface area contributed by atoms with Crippen LogP contribution in [0.1, 0.15) is 10.6 Å². The van der Waals surface area contributed by atoms with Gasteiger partial charge in [0.2, 0.25) is 5.13 Å². The van der Waals surface area contributed by atoms with Crippen LogP contribution in [0.3, 0.4) is 0 Å². The van der Waals surface area contributed by atoms with Gasteiger partial charge in [0.15, 0.2) is 0 Å². The van der Waals surface area contributed by atoms with Crippen LogP contribution in [-0.2, 0) is 11.2 Å². The van der Waals surface area contributed by atoms with E-state index in [4.69, 9.17) is 29.6 Å². The number of benzene rings is 1. The molecule has 1 aliphatic heterocycles. The zero-order chi connectivity index (χ0) is 16.4. The Bertz CT molecular complexity index is 805. The normalized spacial score (nSPS) is 16.6. The first-order valence-electron chi connectivity index (χ1n) is 6.62. The van der Waals surface area contributed by atoms with Crippen LogP contribution < -0.4 is 5.73 Å². The first kappa shape index (κ1) is 16.4. The molecule has 1 fully saturated rings. The lowest BCUT2D eigenvalue weighted by atomic mass is 10.2. The van der Waals surface area contributed by atoms with Crippen molar-refractivity contribution in [1.82, 2.24) is 15.1 Å². The second-order valence-electron chi connectivity index (χ2n) is 4.64. The molecular formula is C14H11ClN4OS3. The van der Waals surface area contributed by atoms with Crippen LogP contribution in [0, 0.1) is 0 Å². The molecule has 1 saturated heterocycles. The summed E-state index contributed by atoms with van der Waals surface area (Å²) in [7, 11) is 0. The molecule has 2 aromatic rings. The zero-order valence-corrected chi connectivity index (χ0v) is 14.9. The van der Waals surface area contributed by atoms with Gasteiger partial charge in [0, 0.05) is 18.0 Å². The van der Waals surface area contributed by atoms with Crippen molar-refractivity contribution >= 4 is 68.4 Å². The number of anilines is 1. The Morgan fingerprint density at radius 1 is 1.35 bits per heavy atom. The molecule has 118 valence electrons. The van der Waals surface area contributed by atoms with Crippen LogP contribution in [0.4, 0.5) is 5.13 Å². The van der Waals surface area contributed by atoms with E-state index in [1.807, 2.05) is 18.2 Å². The molecule has 3 rings (SSSR count). The number of aromatic nitrogens is 2. The number of thioether (sulfide) groups is 1. The lowest BCUT2D eigenvalue weighted by molar-refractivity contribution is -0.122. The van der Waals surface area contributed by atoms with Gasteiger partial charge in [0.1, 0.15) is 9.33 Å². The standard InChI is InChI=1S/C14H11ClN4OS3/c15-9-4-2-1-3-8(9)7-10-12(20)19(14(21)22-10)6-5-11-17-18-13(16)23-11/h1-4,7H,5-6H2,(H2,16,18)/b10-7-. The molecule has 0 aliphatic carbocycles. The average molecular weight is 383 g/mol. The van der Waals surface area contributed by atoms with E-state index in [9.17, 15) is 4.79 Å². The number of nitrogens with zero attached hydrogens (tertiary/aromatic N) is 3. The maximum absolute atomic E-state index is 12.5. The molecular weight excluding hydrogens is 372 g/mol. The number of nitrogens with two attached hydrogens (primary N) is 1. The summed E-state index contributed by atoms with van der Waals surface area (Å²) >= 11 is 14.0. The van der Waals surface area contributed by atoms with E-state index >= 15 is 0 Å². The van der Waals surface area contributed by atoms with Gasteiger partial charge in [-0.3, -0.25) is 9.69 Å². The Morgan fingerprint density at radius 2 is 2.13 bits per heavy atom. The summed E-state index contributed by atoms with van der Waals surface area (Å²) < 4.78 is 0.533. The first-order valence-corrected chi connectivity index (χ1v) is 9.04. The van der Waals surface area contributed by atoms with E-state index in [1.165, 1.54) is 23.1 Å². The van der Waals surface area contributed by atoms with E-state index in [1.54, 1.807) is 17.0 Å². The molecule has 23 heavy (non-hydrogen) atoms. The molecule has 0 bridgehead atoms. The molecule has 2 heterocycles. The van der Waals surface area contributed by atoms with Crippen molar-refractivity contribution in [3.05, 3.63) is 44.8 Å². The third-order valence-electron chi connectivity index (χ3n) is 3.10. The maximum Gasteiger partial charge on any atom is 0.266 e. The molecule has 0 saturated carbocycles. The van der Waals surface area contributed by atoms with Crippen LogP contribution in [0.15, 0.2) is 29.2 Å². The summed E-state index contributed by atoms with van der Waals surface area (Å²) in [5.74, 6) is -0.114. The Balaban J connectivity index is 1.73. The van der Waals surface area contributed by atoms with E-state index in [0.717, 1.165) is 10.6 Å². The lowest BCUT2D eigenvalue weighted by Gasteiger charge is -2.12. The third kappa shape index (κ3) is 3.72. The largest absolute Gasteiger partial charge is 0.374 e. The van der Waals surface area contributed by atoms with Crippen LogP contribution >= 0.6 is 46.9 Å². The molecule has 0 spiro atoms. The van der Waals surface area contributed by atoms with E-state index in [0.29, 0.717) is 32.3 Å². The summed E-state index contributed by atoms with van der Waals surface area (Å²) in [6.07, 6.45) is 2.34. The van der Waals surface area contributed by atoms with Gasteiger partial charge < -0.3 is 5.73 Å². The number of nitrogen functional groups attached to an aromatic ring is 1. The molecule has 0 radical (unpaired) electrons. The highest BCUT2D eigenvalue weighted by atomic mass is 35.5. The Labute approximate surface area is 151 Å². The minimum atomic E-state index is -0.114. The number of carbonyl (C=O) groups is 1. The third-order valence-corrected chi connectivity index (χ3v) is 5.63. The minimum absolute atomic E-state index is 0.114. The predicted octanol–water partition coefficient (Wildman–Crippen LogP) is 3.22. The quantitative estimate of drug-likeness (QED) is 0.646. The van der Waals surface area contributed by atoms with Gasteiger partial charge in [0.05, 0.1) is 4.91 Å². The zero-order valence-electron chi connectivity index (χ0n) is 11.7. The van der Waals surface area contributed by atoms with E-state index in [-0.39, 0.29) is 5.91 Å². The SMILES string of the molecule is Nc1nnc(CCN2C(=O)/C(=C/c3ccccc3Cl)SC2=S)s1. The molecule has 1 aromatic heterocycles. The fourth-order valence-electron chi connectivity index (χ4n) is 2.00. The van der Waals surface area contributed by atoms with Crippen molar-refractivity contribution in [1.29, 1.82) is 0 Å². The van der Waals surface area contributed by atoms with Crippen molar-refractivity contribution in [2.24, 2.45) is 0 Å². The monoisotopic (exact) mass is 382 g/mol. The second kappa shape index (κ2) is 6.96. The van der Waals surface area contributed by atoms with Crippen molar-refractivity contribution in [2.45, 2.75) is 6.42 Å². The summed E-state index contributed by atoms with van der Waals surface area (Å²) in [5, 5.41) is 9.51. The molecule has 2 N–H and O–H groups in total. The number of thiocarbonyl (C=S) groups is 1. The van der Waals surface area contributed by atoms with Crippen molar-refractivity contribution in [2.75, 3.05) is 12.3 Å². The molecule has 0 atom stereocenters. The summed E-state index contributed by atoms with van der Waals surface area (Å²) in [4.78, 5) is 14.6. The highest BCUT2D eigenvalue weighted by molar-refractivity contribution is 8.26. The van der Waals surface area contributed by atoms with Gasteiger partial charge in [-0.05, 0) is 17.7 Å². The first-order chi connectivity index (χ1) is 11.0. The van der Waals surface area contributed by atoms with Crippen LogP contribution in [-0.4, -0.2) is 31.9 Å². The molecule has 0 unspecified atom stereocenters. The van der Waals surface area contributed by atoms with Gasteiger partial charge >= 0.3 is 0 Å². The van der Waals surface area contributed by atoms with Gasteiger partial charge in [0.25, 0.3) is 5.91 Å². The van der Waals surface area contributed by atoms with Crippen molar-refractivity contribution in [3.8, 4) is 0 Å². The number of hydrogen-bond donors (Lipinski definition) is 1. The van der Waals surface area contributed by atoms with Gasteiger partial charge in [-0.2, -0.15) is 0 Å². The highest BCUT2D eigenvalue weighted by Crippen LogP contribution is 2.33. The van der Waals surface area contributed by atoms with E-state index < -0.39 is 0 Å². The van der Waals surface area contributed by atoms with Crippen molar-refractivity contribution < 1.29 is 4.79 Å². The van der Waals surface area contributed by atoms with Crippen molar-refractivity contribution in [3.63, 3.8) is 0 Å². The molecule has 5 nitrogen and oxygen atoms in total. The van der Waals surface area contributed by atoms with Gasteiger partial charge in [-0.15, -0.1) is 10.2 Å². The fraction of sp³-hybridized carbons (Fsp3) is 0.143.